The summed E-state index contributed by atoms with van der Waals surface area (Å²) in [5.74, 6) is 1.76. The van der Waals surface area contributed by atoms with Crippen molar-refractivity contribution in [1.29, 1.82) is 0 Å². The molecule has 0 atom stereocenters. The Hall–Kier alpha value is -2.60. The largest absolute Gasteiger partial charge is 0.497 e. The summed E-state index contributed by atoms with van der Waals surface area (Å²) in [5, 5.41) is 4.73. The average molecular weight is 353 g/mol. The van der Waals surface area contributed by atoms with E-state index in [0.29, 0.717) is 18.1 Å². The van der Waals surface area contributed by atoms with E-state index in [9.17, 15) is 4.79 Å². The molecule has 1 N–H and O–H groups in total. The molecular weight excluding hydrogens is 334 g/mol. The number of benzene rings is 2. The molecule has 0 radical (unpaired) electrons. The highest BCUT2D eigenvalue weighted by atomic mass is 32.2. The molecule has 2 aromatic carbocycles. The molecule has 1 amide bonds. The summed E-state index contributed by atoms with van der Waals surface area (Å²) in [6.07, 6.45) is 0. The zero-order valence-electron chi connectivity index (χ0n) is 14.2. The Labute approximate surface area is 150 Å². The van der Waals surface area contributed by atoms with Gasteiger partial charge in [0.1, 0.15) is 16.6 Å². The van der Waals surface area contributed by atoms with Crippen molar-refractivity contribution in [3.8, 4) is 5.75 Å². The number of carbonyl (C=O) groups excluding carboxylic acids is 1. The predicted molar refractivity (Wildman–Crippen MR) is 99.8 cm³/mol. The minimum Gasteiger partial charge on any atom is -0.497 e. The van der Waals surface area contributed by atoms with Crippen molar-refractivity contribution in [3.05, 3.63) is 59.9 Å². The monoisotopic (exact) mass is 353 g/mol. The number of hydrogen-bond donors (Lipinski definition) is 1. The summed E-state index contributed by atoms with van der Waals surface area (Å²) in [4.78, 5) is 21.0. The highest BCUT2D eigenvalue weighted by Gasteiger charge is 2.09. The second-order valence-corrected chi connectivity index (χ2v) is 6.47. The lowest BCUT2D eigenvalue weighted by atomic mass is 10.2. The van der Waals surface area contributed by atoms with Gasteiger partial charge in [-0.2, -0.15) is 0 Å². The van der Waals surface area contributed by atoms with Gasteiger partial charge in [0.2, 0.25) is 5.91 Å². The Balaban J connectivity index is 1.61. The van der Waals surface area contributed by atoms with E-state index in [4.69, 9.17) is 4.74 Å². The number of para-hydroxylation sites is 1. The fraction of sp³-hybridized carbons (Fsp3) is 0.211. The summed E-state index contributed by atoms with van der Waals surface area (Å²) in [6, 6.07) is 15.5. The van der Waals surface area contributed by atoms with Crippen molar-refractivity contribution in [2.45, 2.75) is 18.5 Å². The quantitative estimate of drug-likeness (QED) is 0.544. The maximum atomic E-state index is 12.2. The summed E-state index contributed by atoms with van der Waals surface area (Å²) in [5.41, 5.74) is 1.90. The lowest BCUT2D eigenvalue weighted by Crippen LogP contribution is -2.24. The maximum absolute atomic E-state index is 12.2. The first-order chi connectivity index (χ1) is 12.2. The number of amides is 1. The van der Waals surface area contributed by atoms with Gasteiger partial charge in [-0.05, 0) is 30.7 Å². The maximum Gasteiger partial charge on any atom is 0.230 e. The molecule has 0 saturated carbocycles. The minimum atomic E-state index is -0.0341. The van der Waals surface area contributed by atoms with Crippen molar-refractivity contribution in [3.63, 3.8) is 0 Å². The zero-order valence-corrected chi connectivity index (χ0v) is 15.0. The summed E-state index contributed by atoms with van der Waals surface area (Å²) in [7, 11) is 1.63. The number of hydrogen-bond acceptors (Lipinski definition) is 5. The first-order valence-electron chi connectivity index (χ1n) is 7.91. The lowest BCUT2D eigenvalue weighted by molar-refractivity contribution is -0.118. The van der Waals surface area contributed by atoms with Gasteiger partial charge in [0.15, 0.2) is 0 Å². The fourth-order valence-corrected chi connectivity index (χ4v) is 3.33. The lowest BCUT2D eigenvalue weighted by Gasteiger charge is -2.08. The van der Waals surface area contributed by atoms with Crippen LogP contribution in [0.15, 0.2) is 53.6 Å². The molecule has 6 heteroatoms. The SMILES string of the molecule is COc1cccc(CNC(=O)CSc2nc(C)nc3ccccc23)c1. The molecule has 0 aliphatic heterocycles. The predicted octanol–water partition coefficient (Wildman–Crippen LogP) is 3.36. The third-order valence-electron chi connectivity index (χ3n) is 3.64. The molecule has 3 rings (SSSR count). The van der Waals surface area contributed by atoms with Crippen LogP contribution in [0.4, 0.5) is 0 Å². The van der Waals surface area contributed by atoms with Gasteiger partial charge in [0.25, 0.3) is 0 Å². The zero-order chi connectivity index (χ0) is 17.6. The Morgan fingerprint density at radius 2 is 2.00 bits per heavy atom. The van der Waals surface area contributed by atoms with Crippen molar-refractivity contribution < 1.29 is 9.53 Å². The molecule has 0 aliphatic carbocycles. The van der Waals surface area contributed by atoms with E-state index in [1.54, 1.807) is 7.11 Å². The van der Waals surface area contributed by atoms with E-state index in [-0.39, 0.29) is 5.91 Å². The highest BCUT2D eigenvalue weighted by Crippen LogP contribution is 2.25. The summed E-state index contributed by atoms with van der Waals surface area (Å²) < 4.78 is 5.19. The Bertz CT molecular complexity index is 899. The molecular formula is C19H19N3O2S. The molecule has 5 nitrogen and oxygen atoms in total. The number of fused-ring (bicyclic) bond motifs is 1. The third-order valence-corrected chi connectivity index (χ3v) is 4.64. The van der Waals surface area contributed by atoms with E-state index < -0.39 is 0 Å². The van der Waals surface area contributed by atoms with Gasteiger partial charge in [-0.3, -0.25) is 4.79 Å². The van der Waals surface area contributed by atoms with Crippen LogP contribution in [0.25, 0.3) is 10.9 Å². The number of rotatable bonds is 6. The number of ether oxygens (including phenoxy) is 1. The molecule has 0 saturated heterocycles. The molecule has 0 unspecified atom stereocenters. The van der Waals surface area contributed by atoms with Gasteiger partial charge in [0.05, 0.1) is 18.4 Å². The Kier molecular flexibility index (Phi) is 5.50. The van der Waals surface area contributed by atoms with Gasteiger partial charge in [0, 0.05) is 11.9 Å². The fourth-order valence-electron chi connectivity index (χ4n) is 2.44. The normalized spacial score (nSPS) is 10.6. The van der Waals surface area contributed by atoms with E-state index in [2.05, 4.69) is 15.3 Å². The second-order valence-electron chi connectivity index (χ2n) is 5.51. The van der Waals surface area contributed by atoms with Crippen LogP contribution in [0.3, 0.4) is 0 Å². The second kappa shape index (κ2) is 7.98. The molecule has 0 fully saturated rings. The van der Waals surface area contributed by atoms with Crippen LogP contribution in [0, 0.1) is 6.92 Å². The topological polar surface area (TPSA) is 64.1 Å². The standard InChI is InChI=1S/C19H19N3O2S/c1-13-21-17-9-4-3-8-16(17)19(22-13)25-12-18(23)20-11-14-6-5-7-15(10-14)24-2/h3-10H,11-12H2,1-2H3,(H,20,23). The Morgan fingerprint density at radius 1 is 1.16 bits per heavy atom. The van der Waals surface area contributed by atoms with E-state index in [1.165, 1.54) is 11.8 Å². The van der Waals surface area contributed by atoms with Gasteiger partial charge in [-0.15, -0.1) is 0 Å². The third kappa shape index (κ3) is 4.48. The average Bonchev–Trinajstić information content (AvgIpc) is 2.64. The summed E-state index contributed by atoms with van der Waals surface area (Å²) >= 11 is 1.43. The van der Waals surface area contributed by atoms with Crippen molar-refractivity contribution >= 4 is 28.6 Å². The number of nitrogens with zero attached hydrogens (tertiary/aromatic N) is 2. The summed E-state index contributed by atoms with van der Waals surface area (Å²) in [6.45, 7) is 2.33. The van der Waals surface area contributed by atoms with Crippen molar-refractivity contribution in [2.24, 2.45) is 0 Å². The highest BCUT2D eigenvalue weighted by molar-refractivity contribution is 8.00. The molecule has 128 valence electrons. The molecule has 1 aromatic heterocycles. The van der Waals surface area contributed by atoms with Crippen molar-refractivity contribution in [2.75, 3.05) is 12.9 Å². The van der Waals surface area contributed by atoms with Crippen LogP contribution in [-0.4, -0.2) is 28.7 Å². The van der Waals surface area contributed by atoms with Crippen LogP contribution in [0.1, 0.15) is 11.4 Å². The Morgan fingerprint density at radius 3 is 2.84 bits per heavy atom. The van der Waals surface area contributed by atoms with Crippen LogP contribution >= 0.6 is 11.8 Å². The van der Waals surface area contributed by atoms with Crippen LogP contribution in [0.5, 0.6) is 5.75 Å². The number of thioether (sulfide) groups is 1. The van der Waals surface area contributed by atoms with Crippen LogP contribution in [-0.2, 0) is 11.3 Å². The van der Waals surface area contributed by atoms with E-state index >= 15 is 0 Å². The van der Waals surface area contributed by atoms with Gasteiger partial charge in [-0.25, -0.2) is 9.97 Å². The number of aryl methyl sites for hydroxylation is 1. The molecule has 0 aliphatic rings. The van der Waals surface area contributed by atoms with E-state index in [0.717, 1.165) is 27.2 Å². The first kappa shape index (κ1) is 17.2. The molecule has 25 heavy (non-hydrogen) atoms. The van der Waals surface area contributed by atoms with Crippen LogP contribution < -0.4 is 10.1 Å². The molecule has 1 heterocycles. The number of aromatic nitrogens is 2. The first-order valence-corrected chi connectivity index (χ1v) is 8.90. The number of nitrogens with one attached hydrogen (secondary N) is 1. The molecule has 0 bridgehead atoms. The molecule has 3 aromatic rings. The molecule has 0 spiro atoms. The van der Waals surface area contributed by atoms with Gasteiger partial charge in [-0.1, -0.05) is 42.1 Å². The van der Waals surface area contributed by atoms with Gasteiger partial charge >= 0.3 is 0 Å². The van der Waals surface area contributed by atoms with E-state index in [1.807, 2.05) is 55.5 Å². The number of carbonyl (C=O) groups is 1. The minimum absolute atomic E-state index is 0.0341. The van der Waals surface area contributed by atoms with Crippen molar-refractivity contribution in [1.82, 2.24) is 15.3 Å². The van der Waals surface area contributed by atoms with Crippen LogP contribution in [0.2, 0.25) is 0 Å². The van der Waals surface area contributed by atoms with Gasteiger partial charge < -0.3 is 10.1 Å². The smallest absolute Gasteiger partial charge is 0.230 e. The number of methoxy groups -OCH3 is 1.